The highest BCUT2D eigenvalue weighted by Gasteiger charge is 2.11. The molecule has 0 unspecified atom stereocenters. The van der Waals surface area contributed by atoms with Crippen molar-refractivity contribution in [2.45, 2.75) is 38.5 Å². The average Bonchev–Trinajstić information content (AvgIpc) is 2.64. The molecule has 0 aliphatic carbocycles. The van der Waals surface area contributed by atoms with Gasteiger partial charge in [0.15, 0.2) is 6.61 Å². The Hall–Kier alpha value is -2.47. The smallest absolute Gasteiger partial charge is 0.276 e. The summed E-state index contributed by atoms with van der Waals surface area (Å²) in [6.07, 6.45) is 0. The van der Waals surface area contributed by atoms with E-state index in [1.165, 1.54) is 17.3 Å². The molecule has 2 aromatic carbocycles. The zero-order valence-corrected chi connectivity index (χ0v) is 17.0. The van der Waals surface area contributed by atoms with Crippen LogP contribution in [-0.4, -0.2) is 24.2 Å². The minimum atomic E-state index is -0.403. The van der Waals surface area contributed by atoms with Gasteiger partial charge in [0.1, 0.15) is 5.75 Å². The van der Waals surface area contributed by atoms with Gasteiger partial charge in [-0.05, 0) is 49.1 Å². The molecule has 0 fully saturated rings. The van der Waals surface area contributed by atoms with Gasteiger partial charge in [0, 0.05) is 4.90 Å². The predicted molar refractivity (Wildman–Crippen MR) is 109 cm³/mol. The van der Waals surface area contributed by atoms with E-state index in [9.17, 15) is 9.59 Å². The Bertz CT molecular complexity index is 789. The number of ether oxygens (including phenoxy) is 1. The number of thioether (sulfide) groups is 1. The fraction of sp³-hybridized carbons (Fsp3) is 0.333. The molecule has 2 amide bonds. The molecule has 5 nitrogen and oxygen atoms in total. The maximum atomic E-state index is 11.9. The first-order valence-electron chi connectivity index (χ1n) is 8.85. The largest absolute Gasteiger partial charge is 0.483 e. The third-order valence-electron chi connectivity index (χ3n) is 3.88. The topological polar surface area (TPSA) is 67.4 Å². The molecule has 6 heteroatoms. The lowest BCUT2D eigenvalue weighted by Crippen LogP contribution is -2.44. The van der Waals surface area contributed by atoms with Gasteiger partial charge in [-0.3, -0.25) is 20.4 Å². The second-order valence-corrected chi connectivity index (χ2v) is 7.73. The van der Waals surface area contributed by atoms with E-state index in [1.54, 1.807) is 0 Å². The Morgan fingerprint density at radius 3 is 2.26 bits per heavy atom. The third-order valence-corrected chi connectivity index (χ3v) is 4.89. The fourth-order valence-electron chi connectivity index (χ4n) is 2.38. The number of hydrazine groups is 1. The van der Waals surface area contributed by atoms with Crippen LogP contribution in [0, 0.1) is 13.8 Å². The highest BCUT2D eigenvalue weighted by molar-refractivity contribution is 8.00. The van der Waals surface area contributed by atoms with Crippen molar-refractivity contribution in [1.82, 2.24) is 10.9 Å². The summed E-state index contributed by atoms with van der Waals surface area (Å²) in [5.74, 6) is 0.537. The van der Waals surface area contributed by atoms with Gasteiger partial charge in [-0.2, -0.15) is 0 Å². The molecular formula is C21H26N2O3S. The van der Waals surface area contributed by atoms with Crippen LogP contribution in [0.25, 0.3) is 0 Å². The van der Waals surface area contributed by atoms with E-state index >= 15 is 0 Å². The minimum absolute atomic E-state index is 0.158. The van der Waals surface area contributed by atoms with Gasteiger partial charge in [-0.1, -0.05) is 43.7 Å². The van der Waals surface area contributed by atoms with Crippen LogP contribution < -0.4 is 15.6 Å². The number of hydrogen-bond acceptors (Lipinski definition) is 4. The molecule has 0 aliphatic rings. The summed E-state index contributed by atoms with van der Waals surface area (Å²) in [5, 5.41) is 0. The Morgan fingerprint density at radius 2 is 1.59 bits per heavy atom. The fourth-order valence-corrected chi connectivity index (χ4v) is 3.08. The molecule has 0 radical (unpaired) electrons. The van der Waals surface area contributed by atoms with Gasteiger partial charge >= 0.3 is 0 Å². The second-order valence-electron chi connectivity index (χ2n) is 6.68. The number of aryl methyl sites for hydroxylation is 2. The SMILES string of the molecule is Cc1ccc(SCC(=O)NNC(=O)COc2cc(C)ccc2C(C)C)cc1. The first-order valence-corrected chi connectivity index (χ1v) is 9.84. The zero-order chi connectivity index (χ0) is 19.8. The van der Waals surface area contributed by atoms with Crippen LogP contribution >= 0.6 is 11.8 Å². The van der Waals surface area contributed by atoms with Gasteiger partial charge in [0.05, 0.1) is 5.75 Å². The van der Waals surface area contributed by atoms with Crippen molar-refractivity contribution in [3.63, 3.8) is 0 Å². The molecule has 0 spiro atoms. The molecule has 0 aromatic heterocycles. The van der Waals surface area contributed by atoms with E-state index in [-0.39, 0.29) is 18.3 Å². The van der Waals surface area contributed by atoms with Crippen LogP contribution in [0.15, 0.2) is 47.4 Å². The van der Waals surface area contributed by atoms with E-state index in [4.69, 9.17) is 4.74 Å². The van der Waals surface area contributed by atoms with Crippen molar-refractivity contribution in [1.29, 1.82) is 0 Å². The first-order chi connectivity index (χ1) is 12.8. The third kappa shape index (κ3) is 6.98. The maximum absolute atomic E-state index is 11.9. The molecule has 2 aromatic rings. The van der Waals surface area contributed by atoms with Gasteiger partial charge in [0.25, 0.3) is 5.91 Å². The lowest BCUT2D eigenvalue weighted by atomic mass is 10.0. The standard InChI is InChI=1S/C21H26N2O3S/c1-14(2)18-10-7-16(4)11-19(18)26-12-20(24)22-23-21(25)13-27-17-8-5-15(3)6-9-17/h5-11,14H,12-13H2,1-4H3,(H,22,24)(H,23,25). The lowest BCUT2D eigenvalue weighted by Gasteiger charge is -2.15. The Balaban J connectivity index is 1.75. The number of carbonyl (C=O) groups is 2. The number of nitrogens with one attached hydrogen (secondary N) is 2. The second kappa shape index (κ2) is 10.0. The molecule has 0 saturated carbocycles. The number of rotatable bonds is 7. The molecule has 0 bridgehead atoms. The van der Waals surface area contributed by atoms with E-state index in [2.05, 4.69) is 24.7 Å². The van der Waals surface area contributed by atoms with Crippen molar-refractivity contribution < 1.29 is 14.3 Å². The number of benzene rings is 2. The van der Waals surface area contributed by atoms with Gasteiger partial charge < -0.3 is 4.74 Å². The van der Waals surface area contributed by atoms with Crippen LogP contribution in [0.3, 0.4) is 0 Å². The summed E-state index contributed by atoms with van der Waals surface area (Å²) in [4.78, 5) is 24.8. The lowest BCUT2D eigenvalue weighted by molar-refractivity contribution is -0.128. The van der Waals surface area contributed by atoms with Crippen LogP contribution in [0.5, 0.6) is 5.75 Å². The summed E-state index contributed by atoms with van der Waals surface area (Å²) in [6, 6.07) is 13.9. The molecule has 0 heterocycles. The van der Waals surface area contributed by atoms with Crippen molar-refractivity contribution in [2.24, 2.45) is 0 Å². The van der Waals surface area contributed by atoms with E-state index in [0.717, 1.165) is 16.0 Å². The number of hydrogen-bond donors (Lipinski definition) is 2. The monoisotopic (exact) mass is 386 g/mol. The molecular weight excluding hydrogens is 360 g/mol. The summed E-state index contributed by atoms with van der Waals surface area (Å²) >= 11 is 1.41. The molecule has 2 N–H and O–H groups in total. The Labute approximate surface area is 164 Å². The van der Waals surface area contributed by atoms with Crippen molar-refractivity contribution >= 4 is 23.6 Å². The first kappa shape index (κ1) is 20.8. The van der Waals surface area contributed by atoms with E-state index in [0.29, 0.717) is 11.7 Å². The van der Waals surface area contributed by atoms with Crippen LogP contribution in [-0.2, 0) is 9.59 Å². The molecule has 0 saturated heterocycles. The predicted octanol–water partition coefficient (Wildman–Crippen LogP) is 3.75. The highest BCUT2D eigenvalue weighted by atomic mass is 32.2. The maximum Gasteiger partial charge on any atom is 0.276 e. The highest BCUT2D eigenvalue weighted by Crippen LogP contribution is 2.27. The Kier molecular flexibility index (Phi) is 7.73. The van der Waals surface area contributed by atoms with Crippen LogP contribution in [0.4, 0.5) is 0 Å². The van der Waals surface area contributed by atoms with E-state index in [1.807, 2.05) is 56.3 Å². The van der Waals surface area contributed by atoms with Crippen molar-refractivity contribution in [2.75, 3.05) is 12.4 Å². The average molecular weight is 387 g/mol. The molecule has 27 heavy (non-hydrogen) atoms. The number of carbonyl (C=O) groups excluding carboxylic acids is 2. The Morgan fingerprint density at radius 1 is 0.963 bits per heavy atom. The normalized spacial score (nSPS) is 10.6. The van der Waals surface area contributed by atoms with Crippen molar-refractivity contribution in [3.8, 4) is 5.75 Å². The van der Waals surface area contributed by atoms with Gasteiger partial charge in [0.2, 0.25) is 5.91 Å². The molecule has 0 aliphatic heterocycles. The zero-order valence-electron chi connectivity index (χ0n) is 16.2. The van der Waals surface area contributed by atoms with Crippen LogP contribution in [0.2, 0.25) is 0 Å². The van der Waals surface area contributed by atoms with E-state index < -0.39 is 5.91 Å². The van der Waals surface area contributed by atoms with Crippen LogP contribution in [0.1, 0.15) is 36.5 Å². The molecule has 144 valence electrons. The summed E-state index contributed by atoms with van der Waals surface area (Å²) in [7, 11) is 0. The van der Waals surface area contributed by atoms with Crippen molar-refractivity contribution in [3.05, 3.63) is 59.2 Å². The van der Waals surface area contributed by atoms with Gasteiger partial charge in [-0.15, -0.1) is 11.8 Å². The van der Waals surface area contributed by atoms with Gasteiger partial charge in [-0.25, -0.2) is 0 Å². The summed E-state index contributed by atoms with van der Waals surface area (Å²) in [6.45, 7) is 7.98. The minimum Gasteiger partial charge on any atom is -0.483 e. The summed E-state index contributed by atoms with van der Waals surface area (Å²) in [5.41, 5.74) is 8.08. The quantitative estimate of drug-likeness (QED) is 0.562. The number of amides is 2. The molecule has 0 atom stereocenters. The summed E-state index contributed by atoms with van der Waals surface area (Å²) < 4.78 is 5.65. The molecule has 2 rings (SSSR count).